The molecule has 2 aromatic rings. The van der Waals surface area contributed by atoms with Crippen LogP contribution in [0.5, 0.6) is 0 Å². The number of benzene rings is 1. The Bertz CT molecular complexity index is 558. The van der Waals surface area contributed by atoms with E-state index in [-0.39, 0.29) is 6.61 Å². The highest BCUT2D eigenvalue weighted by molar-refractivity contribution is 6.42. The molecule has 0 aliphatic heterocycles. The zero-order chi connectivity index (χ0) is 12.4. The molecule has 3 N–H and O–H groups in total. The standard InChI is InChI=1S/C12H10Cl2N2O/c13-10-2-1-7(3-11(10)14)9-5-16-12(15)4-8(9)6-17/h1-5,17H,6H2,(H2,15,16). The number of hydrogen-bond acceptors (Lipinski definition) is 3. The molecule has 0 bridgehead atoms. The maximum atomic E-state index is 9.29. The van der Waals surface area contributed by atoms with Crippen molar-refractivity contribution in [2.45, 2.75) is 6.61 Å². The van der Waals surface area contributed by atoms with E-state index in [9.17, 15) is 5.11 Å². The molecule has 0 aliphatic rings. The molecule has 2 rings (SSSR count). The van der Waals surface area contributed by atoms with Gasteiger partial charge in [-0.3, -0.25) is 0 Å². The summed E-state index contributed by atoms with van der Waals surface area (Å²) in [5, 5.41) is 10.2. The molecule has 3 nitrogen and oxygen atoms in total. The highest BCUT2D eigenvalue weighted by atomic mass is 35.5. The van der Waals surface area contributed by atoms with Gasteiger partial charge in [-0.2, -0.15) is 0 Å². The Hall–Kier alpha value is -1.29. The van der Waals surface area contributed by atoms with Crippen molar-refractivity contribution >= 4 is 29.0 Å². The third-order valence-corrected chi connectivity index (χ3v) is 3.15. The van der Waals surface area contributed by atoms with Crippen molar-refractivity contribution in [3.8, 4) is 11.1 Å². The number of hydrogen-bond donors (Lipinski definition) is 2. The van der Waals surface area contributed by atoms with Gasteiger partial charge < -0.3 is 10.8 Å². The number of aliphatic hydroxyl groups is 1. The van der Waals surface area contributed by atoms with Crippen molar-refractivity contribution in [3.05, 3.63) is 46.1 Å². The fourth-order valence-corrected chi connectivity index (χ4v) is 1.87. The Balaban J connectivity index is 2.55. The molecule has 0 aliphatic carbocycles. The maximum Gasteiger partial charge on any atom is 0.123 e. The largest absolute Gasteiger partial charge is 0.392 e. The Morgan fingerprint density at radius 1 is 1.18 bits per heavy atom. The number of aromatic nitrogens is 1. The van der Waals surface area contributed by atoms with Crippen molar-refractivity contribution in [2.24, 2.45) is 0 Å². The lowest BCUT2D eigenvalue weighted by Gasteiger charge is -2.08. The molecule has 0 spiro atoms. The fourth-order valence-electron chi connectivity index (χ4n) is 1.57. The Kier molecular flexibility index (Phi) is 3.52. The average Bonchev–Trinajstić information content (AvgIpc) is 2.32. The first-order valence-electron chi connectivity index (χ1n) is 4.92. The number of nitrogens with two attached hydrogens (primary N) is 1. The van der Waals surface area contributed by atoms with Crippen LogP contribution in [-0.4, -0.2) is 10.1 Å². The van der Waals surface area contributed by atoms with Crippen LogP contribution >= 0.6 is 23.2 Å². The molecule has 0 saturated heterocycles. The predicted octanol–water partition coefficient (Wildman–Crippen LogP) is 3.13. The van der Waals surface area contributed by atoms with Crippen molar-refractivity contribution in [1.29, 1.82) is 0 Å². The van der Waals surface area contributed by atoms with Crippen molar-refractivity contribution in [3.63, 3.8) is 0 Å². The summed E-state index contributed by atoms with van der Waals surface area (Å²) in [6, 6.07) is 6.89. The zero-order valence-corrected chi connectivity index (χ0v) is 10.3. The molecular formula is C12H10Cl2N2O. The second kappa shape index (κ2) is 4.92. The van der Waals surface area contributed by atoms with Crippen LogP contribution in [0.4, 0.5) is 5.82 Å². The molecule has 0 saturated carbocycles. The lowest BCUT2D eigenvalue weighted by atomic mass is 10.0. The van der Waals surface area contributed by atoms with E-state index in [1.165, 1.54) is 0 Å². The first-order valence-corrected chi connectivity index (χ1v) is 5.68. The van der Waals surface area contributed by atoms with Crippen molar-refractivity contribution < 1.29 is 5.11 Å². The summed E-state index contributed by atoms with van der Waals surface area (Å²) in [6.45, 7) is -0.109. The third-order valence-electron chi connectivity index (χ3n) is 2.41. The topological polar surface area (TPSA) is 59.1 Å². The van der Waals surface area contributed by atoms with E-state index in [1.807, 2.05) is 6.07 Å². The lowest BCUT2D eigenvalue weighted by Crippen LogP contribution is -1.96. The minimum absolute atomic E-state index is 0.109. The summed E-state index contributed by atoms with van der Waals surface area (Å²) in [5.41, 5.74) is 7.91. The van der Waals surface area contributed by atoms with Crippen LogP contribution in [-0.2, 0) is 6.61 Å². The quantitative estimate of drug-likeness (QED) is 0.880. The van der Waals surface area contributed by atoms with Gasteiger partial charge in [0.25, 0.3) is 0 Å². The van der Waals surface area contributed by atoms with Gasteiger partial charge in [0.2, 0.25) is 0 Å². The number of aliphatic hydroxyl groups excluding tert-OH is 1. The Morgan fingerprint density at radius 3 is 2.59 bits per heavy atom. The summed E-state index contributed by atoms with van der Waals surface area (Å²) in [4.78, 5) is 4.01. The summed E-state index contributed by atoms with van der Waals surface area (Å²) in [6.07, 6.45) is 1.61. The van der Waals surface area contributed by atoms with Crippen molar-refractivity contribution in [2.75, 3.05) is 5.73 Å². The summed E-state index contributed by atoms with van der Waals surface area (Å²) < 4.78 is 0. The van der Waals surface area contributed by atoms with Crippen LogP contribution in [0.15, 0.2) is 30.5 Å². The van der Waals surface area contributed by atoms with Gasteiger partial charge in [0, 0.05) is 11.8 Å². The lowest BCUT2D eigenvalue weighted by molar-refractivity contribution is 0.282. The van der Waals surface area contributed by atoms with Gasteiger partial charge in [-0.05, 0) is 29.3 Å². The number of anilines is 1. The number of rotatable bonds is 2. The summed E-state index contributed by atoms with van der Waals surface area (Å²) >= 11 is 11.8. The Morgan fingerprint density at radius 2 is 1.94 bits per heavy atom. The van der Waals surface area contributed by atoms with Gasteiger partial charge in [-0.25, -0.2) is 4.98 Å². The van der Waals surface area contributed by atoms with E-state index in [2.05, 4.69) is 4.98 Å². The minimum atomic E-state index is -0.109. The summed E-state index contributed by atoms with van der Waals surface area (Å²) in [5.74, 6) is 0.373. The number of pyridine rings is 1. The third kappa shape index (κ3) is 2.52. The normalized spacial score (nSPS) is 10.5. The van der Waals surface area contributed by atoms with Gasteiger partial charge in [-0.15, -0.1) is 0 Å². The molecular weight excluding hydrogens is 259 g/mol. The molecule has 1 aromatic carbocycles. The van der Waals surface area contributed by atoms with Gasteiger partial charge in [0.05, 0.1) is 16.7 Å². The molecule has 0 amide bonds. The zero-order valence-electron chi connectivity index (χ0n) is 8.82. The first kappa shape index (κ1) is 12.2. The molecule has 0 atom stereocenters. The monoisotopic (exact) mass is 268 g/mol. The molecule has 17 heavy (non-hydrogen) atoms. The van der Waals surface area contributed by atoms with Gasteiger partial charge in [-0.1, -0.05) is 29.3 Å². The van der Waals surface area contributed by atoms with E-state index >= 15 is 0 Å². The van der Waals surface area contributed by atoms with E-state index in [4.69, 9.17) is 28.9 Å². The van der Waals surface area contributed by atoms with E-state index < -0.39 is 0 Å². The predicted molar refractivity (Wildman–Crippen MR) is 70.0 cm³/mol. The van der Waals surface area contributed by atoms with Gasteiger partial charge >= 0.3 is 0 Å². The van der Waals surface area contributed by atoms with Gasteiger partial charge in [0.15, 0.2) is 0 Å². The Labute approximate surface area is 109 Å². The van der Waals surface area contributed by atoms with Crippen molar-refractivity contribution in [1.82, 2.24) is 4.98 Å². The van der Waals surface area contributed by atoms with E-state index in [0.717, 1.165) is 11.1 Å². The minimum Gasteiger partial charge on any atom is -0.392 e. The smallest absolute Gasteiger partial charge is 0.123 e. The van der Waals surface area contributed by atoms with Crippen LogP contribution < -0.4 is 5.73 Å². The number of nitrogens with zero attached hydrogens (tertiary/aromatic N) is 1. The second-order valence-electron chi connectivity index (χ2n) is 3.55. The highest BCUT2D eigenvalue weighted by Crippen LogP contribution is 2.30. The second-order valence-corrected chi connectivity index (χ2v) is 4.37. The molecule has 0 unspecified atom stereocenters. The van der Waals surface area contributed by atoms with Crippen LogP contribution in [0.3, 0.4) is 0 Å². The average molecular weight is 269 g/mol. The highest BCUT2D eigenvalue weighted by Gasteiger charge is 2.07. The SMILES string of the molecule is Nc1cc(CO)c(-c2ccc(Cl)c(Cl)c2)cn1. The number of nitrogen functional groups attached to an aromatic ring is 1. The molecule has 0 fully saturated rings. The van der Waals surface area contributed by atoms with Crippen LogP contribution in [0, 0.1) is 0 Å². The van der Waals surface area contributed by atoms with E-state index in [0.29, 0.717) is 21.4 Å². The fraction of sp³-hybridized carbons (Fsp3) is 0.0833. The van der Waals surface area contributed by atoms with E-state index in [1.54, 1.807) is 24.4 Å². The van der Waals surface area contributed by atoms with Gasteiger partial charge in [0.1, 0.15) is 5.82 Å². The maximum absolute atomic E-state index is 9.29. The molecule has 88 valence electrons. The van der Waals surface area contributed by atoms with Crippen LogP contribution in [0.2, 0.25) is 10.0 Å². The molecule has 1 heterocycles. The van der Waals surface area contributed by atoms with Crippen LogP contribution in [0.25, 0.3) is 11.1 Å². The first-order chi connectivity index (χ1) is 8.11. The number of halogens is 2. The molecule has 1 aromatic heterocycles. The summed E-state index contributed by atoms with van der Waals surface area (Å²) in [7, 11) is 0. The molecule has 5 heteroatoms. The van der Waals surface area contributed by atoms with Crippen LogP contribution in [0.1, 0.15) is 5.56 Å². The molecule has 0 radical (unpaired) electrons.